The van der Waals surface area contributed by atoms with Gasteiger partial charge in [-0.05, 0) is 6.42 Å². The molecule has 0 bridgehead atoms. The fraction of sp³-hybridized carbons (Fsp3) is 0.500. The summed E-state index contributed by atoms with van der Waals surface area (Å²) in [6.45, 7) is 2.40. The number of aryl methyl sites for hydroxylation is 3. The summed E-state index contributed by atoms with van der Waals surface area (Å²) in [5.41, 5.74) is 7.52. The van der Waals surface area contributed by atoms with Crippen LogP contribution in [0.3, 0.4) is 0 Å². The molecule has 2 heterocycles. The molecule has 20 heavy (non-hydrogen) atoms. The molecule has 3 N–H and O–H groups in total. The molecule has 108 valence electrons. The number of nitrogens with one attached hydrogen (secondary N) is 1. The van der Waals surface area contributed by atoms with Crippen molar-refractivity contribution in [1.29, 1.82) is 0 Å². The van der Waals surface area contributed by atoms with Gasteiger partial charge in [-0.1, -0.05) is 6.92 Å². The van der Waals surface area contributed by atoms with Crippen LogP contribution in [0.25, 0.3) is 0 Å². The lowest BCUT2D eigenvalue weighted by atomic mass is 10.2. The summed E-state index contributed by atoms with van der Waals surface area (Å²) in [4.78, 5) is 16.2. The summed E-state index contributed by atoms with van der Waals surface area (Å²) in [5, 5.41) is 11.2. The number of carbonyl (C=O) groups excluding carboxylic acids is 1. The van der Waals surface area contributed by atoms with E-state index in [1.165, 1.54) is 4.68 Å². The summed E-state index contributed by atoms with van der Waals surface area (Å²) in [6.07, 6.45) is 2.90. The van der Waals surface area contributed by atoms with E-state index < -0.39 is 0 Å². The first-order valence-electron chi connectivity index (χ1n) is 6.47. The van der Waals surface area contributed by atoms with Gasteiger partial charge in [-0.2, -0.15) is 10.2 Å². The molecule has 0 aromatic carbocycles. The predicted octanol–water partition coefficient (Wildman–Crippen LogP) is -0.334. The normalized spacial score (nSPS) is 10.8. The third kappa shape index (κ3) is 2.79. The van der Waals surface area contributed by atoms with E-state index in [2.05, 4.69) is 20.5 Å². The van der Waals surface area contributed by atoms with Gasteiger partial charge in [0.15, 0.2) is 5.82 Å². The molecular weight excluding hydrogens is 258 g/mol. The van der Waals surface area contributed by atoms with Gasteiger partial charge in [-0.3, -0.25) is 14.2 Å². The van der Waals surface area contributed by atoms with Crippen molar-refractivity contribution in [1.82, 2.24) is 29.9 Å². The summed E-state index contributed by atoms with van der Waals surface area (Å²) < 4.78 is 3.15. The Balaban J connectivity index is 1.97. The van der Waals surface area contributed by atoms with Crippen LogP contribution in [-0.4, -0.2) is 37.0 Å². The number of nitrogens with zero attached hydrogens (tertiary/aromatic N) is 5. The van der Waals surface area contributed by atoms with Crippen molar-refractivity contribution in [3.63, 3.8) is 0 Å². The Hall–Kier alpha value is -2.38. The van der Waals surface area contributed by atoms with Gasteiger partial charge in [0.2, 0.25) is 0 Å². The molecule has 0 aliphatic carbocycles. The third-order valence-electron chi connectivity index (χ3n) is 2.99. The molecule has 2 rings (SSSR count). The second kappa shape index (κ2) is 5.72. The minimum absolute atomic E-state index is 0.229. The van der Waals surface area contributed by atoms with Gasteiger partial charge in [0.1, 0.15) is 12.0 Å². The van der Waals surface area contributed by atoms with Gasteiger partial charge in [-0.15, -0.1) is 0 Å². The van der Waals surface area contributed by atoms with Crippen LogP contribution in [0, 0.1) is 0 Å². The average molecular weight is 277 g/mol. The SMILES string of the molecule is CCc1nn(C)c(C(=O)NCCc2ncn(C)n2)c1N. The Morgan fingerprint density at radius 1 is 1.40 bits per heavy atom. The van der Waals surface area contributed by atoms with Gasteiger partial charge >= 0.3 is 0 Å². The number of aromatic nitrogens is 5. The number of nitrogen functional groups attached to an aromatic ring is 1. The third-order valence-corrected chi connectivity index (χ3v) is 2.99. The first kappa shape index (κ1) is 14.0. The van der Waals surface area contributed by atoms with Gasteiger partial charge in [0, 0.05) is 27.1 Å². The molecule has 8 nitrogen and oxygen atoms in total. The van der Waals surface area contributed by atoms with E-state index in [-0.39, 0.29) is 5.91 Å². The topological polar surface area (TPSA) is 104 Å². The van der Waals surface area contributed by atoms with E-state index in [4.69, 9.17) is 5.73 Å². The fourth-order valence-corrected chi connectivity index (χ4v) is 2.00. The number of nitrogens with two attached hydrogens (primary N) is 1. The van der Waals surface area contributed by atoms with Crippen molar-refractivity contribution in [3.05, 3.63) is 23.5 Å². The van der Waals surface area contributed by atoms with E-state index in [9.17, 15) is 4.79 Å². The lowest BCUT2D eigenvalue weighted by molar-refractivity contribution is 0.0945. The van der Waals surface area contributed by atoms with Gasteiger partial charge < -0.3 is 11.1 Å². The molecule has 0 unspecified atom stereocenters. The molecule has 0 aliphatic rings. The van der Waals surface area contributed by atoms with E-state index in [1.807, 2.05) is 6.92 Å². The number of amides is 1. The van der Waals surface area contributed by atoms with Crippen molar-refractivity contribution in [2.75, 3.05) is 12.3 Å². The predicted molar refractivity (Wildman–Crippen MR) is 74.0 cm³/mol. The van der Waals surface area contributed by atoms with Crippen LogP contribution in [-0.2, 0) is 26.9 Å². The highest BCUT2D eigenvalue weighted by molar-refractivity contribution is 5.97. The van der Waals surface area contributed by atoms with E-state index in [1.54, 1.807) is 25.1 Å². The average Bonchev–Trinajstić information content (AvgIpc) is 2.93. The lowest BCUT2D eigenvalue weighted by Crippen LogP contribution is -2.28. The minimum atomic E-state index is -0.229. The Morgan fingerprint density at radius 2 is 2.15 bits per heavy atom. The van der Waals surface area contributed by atoms with Crippen molar-refractivity contribution >= 4 is 11.6 Å². The van der Waals surface area contributed by atoms with Gasteiger partial charge in [0.05, 0.1) is 11.4 Å². The highest BCUT2D eigenvalue weighted by atomic mass is 16.2. The summed E-state index contributed by atoms with van der Waals surface area (Å²) >= 11 is 0. The second-order valence-electron chi connectivity index (χ2n) is 4.53. The maximum absolute atomic E-state index is 12.1. The molecule has 1 amide bonds. The van der Waals surface area contributed by atoms with E-state index >= 15 is 0 Å². The first-order chi connectivity index (χ1) is 9.52. The van der Waals surface area contributed by atoms with Crippen LogP contribution in [0.1, 0.15) is 28.9 Å². The van der Waals surface area contributed by atoms with Crippen molar-refractivity contribution < 1.29 is 4.79 Å². The highest BCUT2D eigenvalue weighted by Gasteiger charge is 2.18. The number of rotatable bonds is 5. The quantitative estimate of drug-likeness (QED) is 0.778. The van der Waals surface area contributed by atoms with Crippen molar-refractivity contribution in [2.45, 2.75) is 19.8 Å². The van der Waals surface area contributed by atoms with Crippen molar-refractivity contribution in [3.8, 4) is 0 Å². The molecule has 0 saturated carbocycles. The van der Waals surface area contributed by atoms with Crippen LogP contribution in [0.15, 0.2) is 6.33 Å². The molecular formula is C12H19N7O. The standard InChI is InChI=1S/C12H19N7O/c1-4-8-10(13)11(19(3)16-8)12(20)14-6-5-9-15-7-18(2)17-9/h7H,4-6,13H2,1-3H3,(H,14,20). The Kier molecular flexibility index (Phi) is 4.02. The summed E-state index contributed by atoms with van der Waals surface area (Å²) in [6, 6.07) is 0. The Labute approximate surface area is 117 Å². The molecule has 8 heteroatoms. The minimum Gasteiger partial charge on any atom is -0.395 e. The largest absolute Gasteiger partial charge is 0.395 e. The molecule has 2 aromatic rings. The van der Waals surface area contributed by atoms with Gasteiger partial charge in [0.25, 0.3) is 5.91 Å². The zero-order chi connectivity index (χ0) is 14.7. The molecule has 0 spiro atoms. The summed E-state index contributed by atoms with van der Waals surface area (Å²) in [5.74, 6) is 0.466. The number of anilines is 1. The molecule has 0 saturated heterocycles. The van der Waals surface area contributed by atoms with Crippen LogP contribution in [0.5, 0.6) is 0 Å². The highest BCUT2D eigenvalue weighted by Crippen LogP contribution is 2.16. The maximum atomic E-state index is 12.1. The smallest absolute Gasteiger partial charge is 0.271 e. The number of hydrogen-bond acceptors (Lipinski definition) is 5. The van der Waals surface area contributed by atoms with Crippen LogP contribution in [0.2, 0.25) is 0 Å². The zero-order valence-corrected chi connectivity index (χ0v) is 11.9. The summed E-state index contributed by atoms with van der Waals surface area (Å²) in [7, 11) is 3.52. The Bertz CT molecular complexity index is 613. The van der Waals surface area contributed by atoms with Crippen molar-refractivity contribution in [2.24, 2.45) is 14.1 Å². The van der Waals surface area contributed by atoms with E-state index in [0.717, 1.165) is 5.69 Å². The van der Waals surface area contributed by atoms with E-state index in [0.29, 0.717) is 36.6 Å². The Morgan fingerprint density at radius 3 is 2.70 bits per heavy atom. The lowest BCUT2D eigenvalue weighted by Gasteiger charge is -2.05. The maximum Gasteiger partial charge on any atom is 0.271 e. The number of carbonyl (C=O) groups is 1. The van der Waals surface area contributed by atoms with Gasteiger partial charge in [-0.25, -0.2) is 4.98 Å². The molecule has 2 aromatic heterocycles. The second-order valence-corrected chi connectivity index (χ2v) is 4.53. The fourth-order valence-electron chi connectivity index (χ4n) is 2.00. The molecule has 0 radical (unpaired) electrons. The van der Waals surface area contributed by atoms with Crippen LogP contribution < -0.4 is 11.1 Å². The zero-order valence-electron chi connectivity index (χ0n) is 11.9. The molecule has 0 aliphatic heterocycles. The monoisotopic (exact) mass is 277 g/mol. The molecule has 0 fully saturated rings. The first-order valence-corrected chi connectivity index (χ1v) is 6.47. The van der Waals surface area contributed by atoms with Crippen LogP contribution in [0.4, 0.5) is 5.69 Å². The number of hydrogen-bond donors (Lipinski definition) is 2. The molecule has 0 atom stereocenters. The van der Waals surface area contributed by atoms with Crippen LogP contribution >= 0.6 is 0 Å².